The molecule has 0 aliphatic carbocycles. The lowest BCUT2D eigenvalue weighted by molar-refractivity contribution is 0.400. The van der Waals surface area contributed by atoms with Crippen LogP contribution in [0.3, 0.4) is 0 Å². The summed E-state index contributed by atoms with van der Waals surface area (Å²) in [6.45, 7) is 14.4. The van der Waals surface area contributed by atoms with Crippen LogP contribution in [0.1, 0.15) is 48.6 Å². The lowest BCUT2D eigenvalue weighted by Crippen LogP contribution is -2.14. The van der Waals surface area contributed by atoms with Crippen molar-refractivity contribution in [2.75, 3.05) is 0 Å². The Morgan fingerprint density at radius 3 is 1.69 bits per heavy atom. The highest BCUT2D eigenvalue weighted by Crippen LogP contribution is 2.30. The lowest BCUT2D eigenvalue weighted by Gasteiger charge is -2.23. The molecule has 0 heterocycles. The van der Waals surface area contributed by atoms with Gasteiger partial charge in [-0.2, -0.15) is 0 Å². The molecular weight excluding hydrogens is 199 g/mol. The zero-order valence-corrected chi connectivity index (χ0v) is 11.6. The summed E-state index contributed by atoms with van der Waals surface area (Å²) in [7, 11) is 0. The molecule has 1 aromatic carbocycles. The van der Waals surface area contributed by atoms with Gasteiger partial charge in [-0.1, -0.05) is 20.8 Å². The van der Waals surface area contributed by atoms with Gasteiger partial charge in [-0.25, -0.2) is 4.39 Å². The normalized spacial score (nSPS) is 12.0. The third-order valence-corrected chi connectivity index (χ3v) is 3.44. The minimum atomic E-state index is -0.00414. The Kier molecular flexibility index (Phi) is 3.47. The molecule has 1 heteroatoms. The zero-order valence-electron chi connectivity index (χ0n) is 11.6. The quantitative estimate of drug-likeness (QED) is 0.649. The second kappa shape index (κ2) is 4.20. The Balaban J connectivity index is 3.40. The average Bonchev–Trinajstić information content (AvgIpc) is 2.17. The Labute approximate surface area is 98.9 Å². The van der Waals surface area contributed by atoms with Crippen molar-refractivity contribution in [1.29, 1.82) is 0 Å². The first-order chi connectivity index (χ1) is 7.15. The van der Waals surface area contributed by atoms with Gasteiger partial charge in [0.1, 0.15) is 5.82 Å². The predicted octanol–water partition coefficient (Wildman–Crippen LogP) is 4.65. The summed E-state index contributed by atoms with van der Waals surface area (Å²) in [5, 5.41) is 0. The third-order valence-electron chi connectivity index (χ3n) is 3.44. The van der Waals surface area contributed by atoms with Crippen LogP contribution in [-0.4, -0.2) is 0 Å². The van der Waals surface area contributed by atoms with E-state index in [-0.39, 0.29) is 11.2 Å². The van der Waals surface area contributed by atoms with Crippen LogP contribution in [0, 0.1) is 38.9 Å². The lowest BCUT2D eigenvalue weighted by atomic mass is 9.83. The zero-order chi connectivity index (χ0) is 12.7. The first-order valence-electron chi connectivity index (χ1n) is 5.90. The maximum atomic E-state index is 14.2. The van der Waals surface area contributed by atoms with Crippen molar-refractivity contribution in [3.63, 3.8) is 0 Å². The summed E-state index contributed by atoms with van der Waals surface area (Å²) in [6, 6.07) is 0. The van der Waals surface area contributed by atoms with Gasteiger partial charge in [0.05, 0.1) is 0 Å². The van der Waals surface area contributed by atoms with Crippen molar-refractivity contribution in [1.82, 2.24) is 0 Å². The number of benzene rings is 1. The van der Waals surface area contributed by atoms with E-state index < -0.39 is 0 Å². The SMILES string of the molecule is Cc1c(C)c(C)c(CC(C)(C)C)c(F)c1C. The fourth-order valence-electron chi connectivity index (χ4n) is 2.08. The summed E-state index contributed by atoms with van der Waals surface area (Å²) in [5.74, 6) is -0.00414. The summed E-state index contributed by atoms with van der Waals surface area (Å²) in [5.41, 5.74) is 5.27. The maximum Gasteiger partial charge on any atom is 0.129 e. The fraction of sp³-hybridized carbons (Fsp3) is 0.600. The predicted molar refractivity (Wildman–Crippen MR) is 68.5 cm³/mol. The average molecular weight is 222 g/mol. The molecule has 0 fully saturated rings. The first-order valence-corrected chi connectivity index (χ1v) is 5.90. The van der Waals surface area contributed by atoms with E-state index in [1.807, 2.05) is 20.8 Å². The fourth-order valence-corrected chi connectivity index (χ4v) is 2.08. The van der Waals surface area contributed by atoms with E-state index in [1.54, 1.807) is 0 Å². The largest absolute Gasteiger partial charge is 0.206 e. The molecule has 0 aliphatic heterocycles. The molecule has 0 unspecified atom stereocenters. The van der Waals surface area contributed by atoms with Crippen molar-refractivity contribution in [3.05, 3.63) is 33.6 Å². The van der Waals surface area contributed by atoms with Gasteiger partial charge in [0, 0.05) is 0 Å². The highest BCUT2D eigenvalue weighted by atomic mass is 19.1. The Morgan fingerprint density at radius 2 is 1.25 bits per heavy atom. The van der Waals surface area contributed by atoms with Crippen molar-refractivity contribution in [2.45, 2.75) is 54.9 Å². The van der Waals surface area contributed by atoms with Crippen LogP contribution in [0.25, 0.3) is 0 Å². The van der Waals surface area contributed by atoms with E-state index in [1.165, 1.54) is 5.56 Å². The van der Waals surface area contributed by atoms with E-state index in [0.29, 0.717) is 0 Å². The summed E-state index contributed by atoms with van der Waals surface area (Å²) < 4.78 is 14.2. The molecular formula is C15H23F. The number of hydrogen-bond donors (Lipinski definition) is 0. The summed E-state index contributed by atoms with van der Waals surface area (Å²) in [4.78, 5) is 0. The number of hydrogen-bond acceptors (Lipinski definition) is 0. The van der Waals surface area contributed by atoms with Crippen molar-refractivity contribution < 1.29 is 4.39 Å². The molecule has 0 nitrogen and oxygen atoms in total. The van der Waals surface area contributed by atoms with Crippen LogP contribution < -0.4 is 0 Å². The summed E-state index contributed by atoms with van der Waals surface area (Å²) >= 11 is 0. The molecule has 1 aromatic rings. The van der Waals surface area contributed by atoms with Crippen molar-refractivity contribution in [2.24, 2.45) is 5.41 Å². The smallest absolute Gasteiger partial charge is 0.129 e. The number of rotatable bonds is 1. The Hall–Kier alpha value is -0.850. The topological polar surface area (TPSA) is 0 Å². The second-order valence-corrected chi connectivity index (χ2v) is 6.03. The second-order valence-electron chi connectivity index (χ2n) is 6.03. The van der Waals surface area contributed by atoms with Gasteiger partial charge in [0.15, 0.2) is 0 Å². The van der Waals surface area contributed by atoms with E-state index >= 15 is 0 Å². The molecule has 0 radical (unpaired) electrons. The van der Waals surface area contributed by atoms with Crippen LogP contribution in [0.4, 0.5) is 4.39 Å². The minimum absolute atomic E-state index is 0.00414. The van der Waals surface area contributed by atoms with Gasteiger partial charge in [-0.15, -0.1) is 0 Å². The maximum absolute atomic E-state index is 14.2. The summed E-state index contributed by atoms with van der Waals surface area (Å²) in [6.07, 6.45) is 0.798. The van der Waals surface area contributed by atoms with Gasteiger partial charge in [0.2, 0.25) is 0 Å². The van der Waals surface area contributed by atoms with Gasteiger partial charge in [-0.3, -0.25) is 0 Å². The molecule has 0 atom stereocenters. The highest BCUT2D eigenvalue weighted by Gasteiger charge is 2.20. The van der Waals surface area contributed by atoms with Crippen molar-refractivity contribution >= 4 is 0 Å². The van der Waals surface area contributed by atoms with Crippen LogP contribution in [-0.2, 0) is 6.42 Å². The monoisotopic (exact) mass is 222 g/mol. The molecule has 0 saturated heterocycles. The van der Waals surface area contributed by atoms with Crippen molar-refractivity contribution in [3.8, 4) is 0 Å². The highest BCUT2D eigenvalue weighted by molar-refractivity contribution is 5.45. The van der Waals surface area contributed by atoms with E-state index in [9.17, 15) is 4.39 Å². The van der Waals surface area contributed by atoms with E-state index in [2.05, 4.69) is 27.7 Å². The molecule has 0 bridgehead atoms. The van der Waals surface area contributed by atoms with Gasteiger partial charge < -0.3 is 0 Å². The van der Waals surface area contributed by atoms with Crippen LogP contribution in [0.5, 0.6) is 0 Å². The minimum Gasteiger partial charge on any atom is -0.206 e. The Bertz CT molecular complexity index is 379. The van der Waals surface area contributed by atoms with Crippen LogP contribution in [0.2, 0.25) is 0 Å². The third kappa shape index (κ3) is 2.45. The first kappa shape index (κ1) is 13.2. The van der Waals surface area contributed by atoms with Crippen LogP contribution in [0.15, 0.2) is 0 Å². The molecule has 90 valence electrons. The molecule has 0 amide bonds. The molecule has 0 N–H and O–H groups in total. The Morgan fingerprint density at radius 1 is 0.812 bits per heavy atom. The molecule has 0 spiro atoms. The molecule has 0 aromatic heterocycles. The molecule has 0 saturated carbocycles. The standard InChI is InChI=1S/C15H23F/c1-9-10(2)12(4)14(16)13(11(9)3)8-15(5,6)7/h8H2,1-7H3. The van der Waals surface area contributed by atoms with Crippen LogP contribution >= 0.6 is 0 Å². The molecule has 0 aliphatic rings. The van der Waals surface area contributed by atoms with Gasteiger partial charge in [0.25, 0.3) is 0 Å². The van der Waals surface area contributed by atoms with Gasteiger partial charge >= 0.3 is 0 Å². The molecule has 1 rings (SSSR count). The van der Waals surface area contributed by atoms with Gasteiger partial charge in [-0.05, 0) is 67.3 Å². The van der Waals surface area contributed by atoms with E-state index in [4.69, 9.17) is 0 Å². The number of halogens is 1. The molecule has 16 heavy (non-hydrogen) atoms. The van der Waals surface area contributed by atoms with E-state index in [0.717, 1.165) is 28.7 Å².